The molecule has 0 spiro atoms. The highest BCUT2D eigenvalue weighted by molar-refractivity contribution is 7.14. The number of hydrogen-bond donors (Lipinski definition) is 3. The molecule has 9 nitrogen and oxygen atoms in total. The summed E-state index contributed by atoms with van der Waals surface area (Å²) in [7, 11) is 0. The second-order valence-electron chi connectivity index (χ2n) is 7.54. The van der Waals surface area contributed by atoms with Crippen molar-refractivity contribution in [2.45, 2.75) is 32.9 Å². The number of nitrogens with zero attached hydrogens (tertiary/aromatic N) is 5. The lowest BCUT2D eigenvalue weighted by Gasteiger charge is -2.23. The molecular formula is C24H31N7O2S2. The van der Waals surface area contributed by atoms with Gasteiger partial charge in [0.1, 0.15) is 5.82 Å². The zero-order valence-corrected chi connectivity index (χ0v) is 21.5. The van der Waals surface area contributed by atoms with Gasteiger partial charge in [0.2, 0.25) is 11.6 Å². The maximum Gasteiger partial charge on any atom is 0.233 e. The van der Waals surface area contributed by atoms with Gasteiger partial charge in [-0.05, 0) is 61.5 Å². The summed E-state index contributed by atoms with van der Waals surface area (Å²) in [4.78, 5) is 12.1. The van der Waals surface area contributed by atoms with E-state index in [2.05, 4.69) is 51.8 Å². The highest BCUT2D eigenvalue weighted by atomic mass is 32.2. The van der Waals surface area contributed by atoms with Crippen molar-refractivity contribution in [3.05, 3.63) is 76.9 Å². The molecule has 0 fully saturated rings. The molecule has 2 atom stereocenters. The van der Waals surface area contributed by atoms with Crippen LogP contribution in [0.3, 0.4) is 0 Å². The van der Waals surface area contributed by atoms with Crippen molar-refractivity contribution in [1.82, 2.24) is 18.7 Å². The highest BCUT2D eigenvalue weighted by Gasteiger charge is 2.18. The normalized spacial score (nSPS) is 11.8. The Morgan fingerprint density at radius 3 is 2.54 bits per heavy atom. The van der Waals surface area contributed by atoms with Crippen LogP contribution in [0.1, 0.15) is 36.8 Å². The van der Waals surface area contributed by atoms with Gasteiger partial charge in [0.15, 0.2) is 11.1 Å². The molecule has 0 amide bonds. The van der Waals surface area contributed by atoms with E-state index in [9.17, 15) is 4.55 Å². The third-order valence-corrected chi connectivity index (χ3v) is 6.46. The van der Waals surface area contributed by atoms with E-state index in [4.69, 9.17) is 5.11 Å². The van der Waals surface area contributed by atoms with Crippen LogP contribution in [0.2, 0.25) is 0 Å². The van der Waals surface area contributed by atoms with Crippen molar-refractivity contribution in [2.75, 3.05) is 35.2 Å². The second kappa shape index (κ2) is 14.3. The van der Waals surface area contributed by atoms with Gasteiger partial charge in [0.25, 0.3) is 0 Å². The van der Waals surface area contributed by atoms with Gasteiger partial charge < -0.3 is 25.2 Å². The van der Waals surface area contributed by atoms with E-state index in [1.165, 1.54) is 4.88 Å². The summed E-state index contributed by atoms with van der Waals surface area (Å²) in [5.74, 6) is 2.01. The van der Waals surface area contributed by atoms with E-state index in [-0.39, 0.29) is 12.6 Å². The molecule has 0 aliphatic rings. The van der Waals surface area contributed by atoms with E-state index < -0.39 is 11.1 Å². The van der Waals surface area contributed by atoms with Crippen molar-refractivity contribution < 1.29 is 9.66 Å². The zero-order valence-electron chi connectivity index (χ0n) is 19.9. The van der Waals surface area contributed by atoms with E-state index in [1.807, 2.05) is 43.5 Å². The Morgan fingerprint density at radius 1 is 1.09 bits per heavy atom. The average molecular weight is 514 g/mol. The minimum atomic E-state index is -1.60. The van der Waals surface area contributed by atoms with Crippen LogP contribution < -0.4 is 15.5 Å². The lowest BCUT2D eigenvalue weighted by atomic mass is 10.1. The van der Waals surface area contributed by atoms with Gasteiger partial charge in [-0.1, -0.05) is 12.1 Å². The van der Waals surface area contributed by atoms with Crippen molar-refractivity contribution >= 4 is 39.9 Å². The zero-order chi connectivity index (χ0) is 24.9. The fraction of sp³-hybridized carbons (Fsp3) is 0.333. The van der Waals surface area contributed by atoms with Crippen LogP contribution in [0.15, 0.2) is 66.4 Å². The standard InChI is InChI=1S/C22H25N7OS2.C2H6O/c1-17(18-8-12-23-13-9-18)26-22-21(27-32(30)28-22)25-11-5-14-29(16-19-6-4-15-31-19)20-7-2-3-10-24-20;1-2-3/h2-4,6-10,12-13,15,17H,5,11,14,16H2,1H3,(H,25,27)(H,26,28);3H,2H2,1H3. The highest BCUT2D eigenvalue weighted by Crippen LogP contribution is 2.27. The predicted octanol–water partition coefficient (Wildman–Crippen LogP) is 4.74. The van der Waals surface area contributed by atoms with Gasteiger partial charge in [0, 0.05) is 51.9 Å². The smallest absolute Gasteiger partial charge is 0.233 e. The SMILES string of the molecule is CC(Nc1n[s+]([O-])nc1NCCCN(Cc1cccs1)c1ccccn1)c1ccncc1.CCO. The van der Waals surface area contributed by atoms with Gasteiger partial charge in [0.05, 0.1) is 12.6 Å². The van der Waals surface area contributed by atoms with Crippen LogP contribution >= 0.6 is 22.5 Å². The molecule has 35 heavy (non-hydrogen) atoms. The molecule has 3 N–H and O–H groups in total. The lowest BCUT2D eigenvalue weighted by molar-refractivity contribution is 0.318. The van der Waals surface area contributed by atoms with Crippen LogP contribution in [0.25, 0.3) is 0 Å². The quantitative estimate of drug-likeness (QED) is 0.193. The lowest BCUT2D eigenvalue weighted by Crippen LogP contribution is -2.26. The summed E-state index contributed by atoms with van der Waals surface area (Å²) in [5, 5.41) is 16.2. The minimum Gasteiger partial charge on any atom is -0.546 e. The van der Waals surface area contributed by atoms with Gasteiger partial charge >= 0.3 is 0 Å². The second-order valence-corrected chi connectivity index (χ2v) is 9.40. The molecule has 186 valence electrons. The van der Waals surface area contributed by atoms with Crippen molar-refractivity contribution in [1.29, 1.82) is 0 Å². The summed E-state index contributed by atoms with van der Waals surface area (Å²) >= 11 is 0.142. The van der Waals surface area contributed by atoms with Gasteiger partial charge in [-0.2, -0.15) is 0 Å². The maximum atomic E-state index is 11.9. The van der Waals surface area contributed by atoms with Crippen molar-refractivity contribution in [3.63, 3.8) is 0 Å². The van der Waals surface area contributed by atoms with Crippen LogP contribution in [0, 0.1) is 0 Å². The van der Waals surface area contributed by atoms with E-state index in [0.29, 0.717) is 18.2 Å². The van der Waals surface area contributed by atoms with Crippen molar-refractivity contribution in [2.24, 2.45) is 0 Å². The Morgan fingerprint density at radius 2 is 1.86 bits per heavy atom. The minimum absolute atomic E-state index is 0.00991. The Bertz CT molecular complexity index is 1100. The number of hydrogen-bond acceptors (Lipinski definition) is 10. The molecule has 4 aromatic rings. The van der Waals surface area contributed by atoms with E-state index >= 15 is 0 Å². The van der Waals surface area contributed by atoms with Gasteiger partial charge in [-0.25, -0.2) is 4.98 Å². The molecule has 0 saturated heterocycles. The molecule has 4 heterocycles. The van der Waals surface area contributed by atoms with Crippen LogP contribution in [-0.4, -0.2) is 48.1 Å². The summed E-state index contributed by atoms with van der Waals surface area (Å²) in [6.07, 6.45) is 6.18. The number of rotatable bonds is 11. The molecule has 4 rings (SSSR count). The molecule has 0 saturated carbocycles. The molecule has 0 aliphatic heterocycles. The largest absolute Gasteiger partial charge is 0.546 e. The number of pyridine rings is 2. The molecule has 0 bridgehead atoms. The topological polar surface area (TPSA) is 122 Å². The Balaban J connectivity index is 0.00000108. The molecular weight excluding hydrogens is 482 g/mol. The first-order valence-corrected chi connectivity index (χ1v) is 13.3. The van der Waals surface area contributed by atoms with Crippen LogP contribution in [0.5, 0.6) is 0 Å². The summed E-state index contributed by atoms with van der Waals surface area (Å²) in [5.41, 5.74) is 1.07. The van der Waals surface area contributed by atoms with Gasteiger partial charge in [-0.3, -0.25) is 4.98 Å². The monoisotopic (exact) mass is 513 g/mol. The first-order chi connectivity index (χ1) is 17.1. The van der Waals surface area contributed by atoms with Crippen LogP contribution in [-0.2, 0) is 6.54 Å². The third-order valence-electron chi connectivity index (χ3n) is 4.92. The Kier molecular flexibility index (Phi) is 10.8. The first-order valence-electron chi connectivity index (χ1n) is 11.4. The molecule has 11 heteroatoms. The maximum absolute atomic E-state index is 11.9. The number of thiophene rings is 1. The number of aliphatic hydroxyl groups is 1. The van der Waals surface area contributed by atoms with Crippen molar-refractivity contribution in [3.8, 4) is 0 Å². The predicted molar refractivity (Wildman–Crippen MR) is 142 cm³/mol. The van der Waals surface area contributed by atoms with E-state index in [1.54, 1.807) is 30.7 Å². The summed E-state index contributed by atoms with van der Waals surface area (Å²) < 4.78 is 20.2. The average Bonchev–Trinajstić information content (AvgIpc) is 3.52. The molecule has 0 aliphatic carbocycles. The molecule has 4 aromatic heterocycles. The number of aliphatic hydroxyl groups excluding tert-OH is 1. The van der Waals surface area contributed by atoms with Crippen LogP contribution in [0.4, 0.5) is 17.5 Å². The summed E-state index contributed by atoms with van der Waals surface area (Å²) in [6, 6.07) is 14.0. The molecule has 2 unspecified atom stereocenters. The number of nitrogens with one attached hydrogen (secondary N) is 2. The number of anilines is 3. The molecule has 0 radical (unpaired) electrons. The summed E-state index contributed by atoms with van der Waals surface area (Å²) in [6.45, 7) is 6.27. The number of aromatic nitrogens is 4. The van der Waals surface area contributed by atoms with Gasteiger partial charge in [-0.15, -0.1) is 11.3 Å². The fourth-order valence-corrected chi connectivity index (χ4v) is 4.66. The fourth-order valence-electron chi connectivity index (χ4n) is 3.30. The molecule has 0 aromatic carbocycles. The van der Waals surface area contributed by atoms with E-state index in [0.717, 1.165) is 30.9 Å². The first kappa shape index (κ1) is 26.5. The third kappa shape index (κ3) is 8.55. The Hall–Kier alpha value is -3.12. The Labute approximate surface area is 213 Å².